The molecule has 0 unspecified atom stereocenters. The molecule has 1 amide bonds. The van der Waals surface area contributed by atoms with Crippen molar-refractivity contribution in [1.29, 1.82) is 0 Å². The lowest BCUT2D eigenvalue weighted by molar-refractivity contribution is 0.0878. The average Bonchev–Trinajstić information content (AvgIpc) is 3.05. The fourth-order valence-electron chi connectivity index (χ4n) is 3.02. The molecule has 1 N–H and O–H groups in total. The molecule has 1 aliphatic carbocycles. The highest BCUT2D eigenvalue weighted by molar-refractivity contribution is 5.91. The quantitative estimate of drug-likeness (QED) is 0.901. The van der Waals surface area contributed by atoms with Crippen LogP contribution in [0.1, 0.15) is 48.9 Å². The minimum absolute atomic E-state index is 0.130. The van der Waals surface area contributed by atoms with Gasteiger partial charge in [0.15, 0.2) is 5.76 Å². The number of ether oxygens (including phenoxy) is 1. The van der Waals surface area contributed by atoms with Gasteiger partial charge in [-0.05, 0) is 43.0 Å². The highest BCUT2D eigenvalue weighted by atomic mass is 16.5. The van der Waals surface area contributed by atoms with Gasteiger partial charge in [-0.2, -0.15) is 0 Å². The van der Waals surface area contributed by atoms with Crippen LogP contribution in [0.5, 0.6) is 5.75 Å². The number of furan rings is 1. The SMILES string of the molecule is C[C@@H]1CCCC[C@@H]1NC(=O)c1ccc(COc2ccccc2)o1. The summed E-state index contributed by atoms with van der Waals surface area (Å²) in [6, 6.07) is 13.3. The summed E-state index contributed by atoms with van der Waals surface area (Å²) < 4.78 is 11.2. The smallest absolute Gasteiger partial charge is 0.287 e. The van der Waals surface area contributed by atoms with Crippen molar-refractivity contribution >= 4 is 5.91 Å². The third-order valence-corrected chi connectivity index (χ3v) is 4.44. The van der Waals surface area contributed by atoms with E-state index in [2.05, 4.69) is 12.2 Å². The van der Waals surface area contributed by atoms with Crippen LogP contribution in [0.4, 0.5) is 0 Å². The van der Waals surface area contributed by atoms with Crippen LogP contribution in [0.25, 0.3) is 0 Å². The molecule has 1 aromatic heterocycles. The van der Waals surface area contributed by atoms with E-state index in [1.165, 1.54) is 19.3 Å². The van der Waals surface area contributed by atoms with Gasteiger partial charge in [-0.3, -0.25) is 4.79 Å². The van der Waals surface area contributed by atoms with E-state index in [0.717, 1.165) is 12.2 Å². The van der Waals surface area contributed by atoms with E-state index in [0.29, 0.717) is 24.0 Å². The van der Waals surface area contributed by atoms with Crippen molar-refractivity contribution in [1.82, 2.24) is 5.32 Å². The van der Waals surface area contributed by atoms with Crippen molar-refractivity contribution in [3.05, 3.63) is 54.0 Å². The summed E-state index contributed by atoms with van der Waals surface area (Å²) in [6.07, 6.45) is 4.68. The summed E-state index contributed by atoms with van der Waals surface area (Å²) >= 11 is 0. The first-order valence-corrected chi connectivity index (χ1v) is 8.30. The third-order valence-electron chi connectivity index (χ3n) is 4.44. The molecule has 0 radical (unpaired) electrons. The molecule has 1 fully saturated rings. The van der Waals surface area contributed by atoms with E-state index in [4.69, 9.17) is 9.15 Å². The van der Waals surface area contributed by atoms with Crippen LogP contribution in [0, 0.1) is 5.92 Å². The first kappa shape index (κ1) is 15.7. The number of rotatable bonds is 5. The first-order chi connectivity index (χ1) is 11.2. The zero-order valence-electron chi connectivity index (χ0n) is 13.5. The third kappa shape index (κ3) is 4.15. The summed E-state index contributed by atoms with van der Waals surface area (Å²) in [4.78, 5) is 12.3. The van der Waals surface area contributed by atoms with E-state index < -0.39 is 0 Å². The monoisotopic (exact) mass is 313 g/mol. The topological polar surface area (TPSA) is 51.5 Å². The van der Waals surface area contributed by atoms with Gasteiger partial charge in [-0.25, -0.2) is 0 Å². The second-order valence-electron chi connectivity index (χ2n) is 6.21. The second-order valence-corrected chi connectivity index (χ2v) is 6.21. The van der Waals surface area contributed by atoms with Crippen molar-refractivity contribution in [3.63, 3.8) is 0 Å². The Labute approximate surface area is 136 Å². The number of benzene rings is 1. The van der Waals surface area contributed by atoms with Crippen molar-refractivity contribution in [2.24, 2.45) is 5.92 Å². The number of nitrogens with one attached hydrogen (secondary N) is 1. The fraction of sp³-hybridized carbons (Fsp3) is 0.421. The van der Waals surface area contributed by atoms with E-state index in [1.807, 2.05) is 30.3 Å². The maximum atomic E-state index is 12.3. The van der Waals surface area contributed by atoms with Gasteiger partial charge in [0.25, 0.3) is 5.91 Å². The van der Waals surface area contributed by atoms with Crippen LogP contribution in [0.15, 0.2) is 46.9 Å². The lowest BCUT2D eigenvalue weighted by atomic mass is 9.86. The summed E-state index contributed by atoms with van der Waals surface area (Å²) in [5.74, 6) is 2.19. The van der Waals surface area contributed by atoms with Gasteiger partial charge in [0.05, 0.1) is 0 Å². The zero-order chi connectivity index (χ0) is 16.1. The Morgan fingerprint density at radius 3 is 2.74 bits per heavy atom. The molecule has 0 aliphatic heterocycles. The molecule has 2 aromatic rings. The normalized spacial score (nSPS) is 20.9. The van der Waals surface area contributed by atoms with Crippen molar-refractivity contribution in [2.45, 2.75) is 45.3 Å². The second kappa shape index (κ2) is 7.36. The predicted molar refractivity (Wildman–Crippen MR) is 88.4 cm³/mol. The minimum Gasteiger partial charge on any atom is -0.486 e. The molecule has 4 nitrogen and oxygen atoms in total. The Hall–Kier alpha value is -2.23. The molecular weight excluding hydrogens is 290 g/mol. The predicted octanol–water partition coefficient (Wildman–Crippen LogP) is 4.17. The van der Waals surface area contributed by atoms with Gasteiger partial charge in [0.2, 0.25) is 0 Å². The zero-order valence-corrected chi connectivity index (χ0v) is 13.5. The van der Waals surface area contributed by atoms with Gasteiger partial charge in [0, 0.05) is 6.04 Å². The number of carbonyl (C=O) groups excluding carboxylic acids is 1. The number of carbonyl (C=O) groups is 1. The molecule has 4 heteroatoms. The maximum absolute atomic E-state index is 12.3. The highest BCUT2D eigenvalue weighted by Crippen LogP contribution is 2.24. The molecule has 23 heavy (non-hydrogen) atoms. The summed E-state index contributed by atoms with van der Waals surface area (Å²) in [5, 5.41) is 3.10. The van der Waals surface area contributed by atoms with Gasteiger partial charge < -0.3 is 14.5 Å². The van der Waals surface area contributed by atoms with Gasteiger partial charge in [-0.1, -0.05) is 38.0 Å². The largest absolute Gasteiger partial charge is 0.486 e. The summed E-state index contributed by atoms with van der Waals surface area (Å²) in [5.41, 5.74) is 0. The van der Waals surface area contributed by atoms with E-state index in [-0.39, 0.29) is 11.9 Å². The molecule has 1 aromatic carbocycles. The first-order valence-electron chi connectivity index (χ1n) is 8.30. The van der Waals surface area contributed by atoms with E-state index >= 15 is 0 Å². The van der Waals surface area contributed by atoms with Crippen molar-refractivity contribution in [2.75, 3.05) is 0 Å². The summed E-state index contributed by atoms with van der Waals surface area (Å²) in [7, 11) is 0. The highest BCUT2D eigenvalue weighted by Gasteiger charge is 2.24. The van der Waals surface area contributed by atoms with Crippen LogP contribution >= 0.6 is 0 Å². The number of amides is 1. The summed E-state index contributed by atoms with van der Waals surface area (Å²) in [6.45, 7) is 2.52. The van der Waals surface area contributed by atoms with Crippen molar-refractivity contribution < 1.29 is 13.9 Å². The Bertz CT molecular complexity index is 635. The average molecular weight is 313 g/mol. The molecular formula is C19H23NO3. The van der Waals surface area contributed by atoms with Crippen molar-refractivity contribution in [3.8, 4) is 5.75 Å². The standard InChI is InChI=1S/C19H23NO3/c1-14-7-5-6-10-17(14)20-19(21)18-12-11-16(23-18)13-22-15-8-3-2-4-9-15/h2-4,8-9,11-12,14,17H,5-7,10,13H2,1H3,(H,20,21)/t14-,17+/m1/s1. The number of hydrogen-bond acceptors (Lipinski definition) is 3. The van der Waals surface area contributed by atoms with Crippen LogP contribution in [0.3, 0.4) is 0 Å². The molecule has 1 aliphatic rings. The molecule has 0 bridgehead atoms. The van der Waals surface area contributed by atoms with Crippen LogP contribution < -0.4 is 10.1 Å². The van der Waals surface area contributed by atoms with Crippen LogP contribution in [-0.4, -0.2) is 11.9 Å². The molecule has 3 rings (SSSR count). The Morgan fingerprint density at radius 1 is 1.17 bits per heavy atom. The number of hydrogen-bond donors (Lipinski definition) is 1. The van der Waals surface area contributed by atoms with Crippen LogP contribution in [-0.2, 0) is 6.61 Å². The van der Waals surface area contributed by atoms with Gasteiger partial charge in [0.1, 0.15) is 18.1 Å². The molecule has 1 saturated carbocycles. The Balaban J connectivity index is 1.54. The Kier molecular flexibility index (Phi) is 5.01. The van der Waals surface area contributed by atoms with E-state index in [9.17, 15) is 4.79 Å². The Morgan fingerprint density at radius 2 is 1.96 bits per heavy atom. The molecule has 122 valence electrons. The maximum Gasteiger partial charge on any atom is 0.287 e. The minimum atomic E-state index is -0.130. The van der Waals surface area contributed by atoms with Crippen LogP contribution in [0.2, 0.25) is 0 Å². The van der Waals surface area contributed by atoms with E-state index in [1.54, 1.807) is 12.1 Å². The molecule has 0 spiro atoms. The van der Waals surface area contributed by atoms with Gasteiger partial charge in [-0.15, -0.1) is 0 Å². The lowest BCUT2D eigenvalue weighted by Gasteiger charge is -2.29. The lowest BCUT2D eigenvalue weighted by Crippen LogP contribution is -2.40. The fourth-order valence-corrected chi connectivity index (χ4v) is 3.02. The molecule has 1 heterocycles. The molecule has 2 atom stereocenters. The molecule has 0 saturated heterocycles. The number of para-hydroxylation sites is 1. The van der Waals surface area contributed by atoms with Gasteiger partial charge >= 0.3 is 0 Å².